The Kier molecular flexibility index (Phi) is 3.38. The zero-order valence-electron chi connectivity index (χ0n) is 11.7. The maximum absolute atomic E-state index is 10.3. The van der Waals surface area contributed by atoms with Crippen molar-refractivity contribution in [2.75, 3.05) is 31.0 Å². The van der Waals surface area contributed by atoms with E-state index in [4.69, 9.17) is 16.3 Å². The summed E-state index contributed by atoms with van der Waals surface area (Å²) in [5.74, 6) is 1.95. The van der Waals surface area contributed by atoms with Crippen LogP contribution in [0.1, 0.15) is 18.4 Å². The van der Waals surface area contributed by atoms with Crippen molar-refractivity contribution in [1.29, 1.82) is 0 Å². The van der Waals surface area contributed by atoms with Crippen molar-refractivity contribution in [3.05, 3.63) is 29.8 Å². The molecule has 2 aromatic rings. The molecule has 3 nitrogen and oxygen atoms in total. The fourth-order valence-electron chi connectivity index (χ4n) is 3.09. The van der Waals surface area contributed by atoms with Crippen LogP contribution in [-0.4, -0.2) is 31.2 Å². The average Bonchev–Trinajstić information content (AvgIpc) is 2.76. The molecule has 1 atom stereocenters. The van der Waals surface area contributed by atoms with Gasteiger partial charge in [-0.05, 0) is 18.6 Å². The van der Waals surface area contributed by atoms with Crippen LogP contribution >= 0.6 is 11.6 Å². The fourth-order valence-corrected chi connectivity index (χ4v) is 3.34. The number of ether oxygens (including phenoxy) is 1. The van der Waals surface area contributed by atoms with Gasteiger partial charge >= 0.3 is 0 Å². The molecule has 2 aromatic carbocycles. The molecule has 1 aliphatic rings. The van der Waals surface area contributed by atoms with E-state index in [1.54, 1.807) is 0 Å². The van der Waals surface area contributed by atoms with E-state index in [-0.39, 0.29) is 5.92 Å². The number of hydrogen-bond acceptors (Lipinski definition) is 3. The number of benzene rings is 2. The summed E-state index contributed by atoms with van der Waals surface area (Å²) in [5, 5.41) is 12.1. The van der Waals surface area contributed by atoms with Gasteiger partial charge in [0, 0.05) is 47.9 Å². The number of nitrogens with zero attached hydrogens (tertiary/aromatic N) is 1. The number of fused-ring (bicyclic) bond motifs is 3. The molecule has 0 saturated heterocycles. The lowest BCUT2D eigenvalue weighted by molar-refractivity contribution is 0.344. The molecule has 0 fully saturated rings. The maximum atomic E-state index is 10.3. The highest BCUT2D eigenvalue weighted by Crippen LogP contribution is 2.47. The van der Waals surface area contributed by atoms with Gasteiger partial charge in [-0.2, -0.15) is 0 Å². The topological polar surface area (TPSA) is 32.7 Å². The van der Waals surface area contributed by atoms with Gasteiger partial charge in [0.05, 0.1) is 6.61 Å². The molecular formula is C16H18ClNO2. The number of anilines is 1. The monoisotopic (exact) mass is 291 g/mol. The lowest BCUT2D eigenvalue weighted by atomic mass is 9.94. The van der Waals surface area contributed by atoms with E-state index in [0.717, 1.165) is 28.8 Å². The molecule has 0 bridgehead atoms. The Balaban J connectivity index is 2.37. The number of aromatic hydroxyl groups is 1. The second-order valence-corrected chi connectivity index (χ2v) is 5.48. The summed E-state index contributed by atoms with van der Waals surface area (Å²) in [6.07, 6.45) is 0. The van der Waals surface area contributed by atoms with Crippen molar-refractivity contribution in [3.63, 3.8) is 0 Å². The van der Waals surface area contributed by atoms with Gasteiger partial charge in [-0.1, -0.05) is 12.1 Å². The zero-order chi connectivity index (χ0) is 14.3. The molecule has 0 spiro atoms. The van der Waals surface area contributed by atoms with Gasteiger partial charge in [-0.3, -0.25) is 0 Å². The van der Waals surface area contributed by atoms with Crippen LogP contribution < -0.4 is 9.64 Å². The molecule has 3 rings (SSSR count). The highest BCUT2D eigenvalue weighted by atomic mass is 35.5. The largest absolute Gasteiger partial charge is 0.507 e. The van der Waals surface area contributed by atoms with Crippen LogP contribution in [0.2, 0.25) is 0 Å². The van der Waals surface area contributed by atoms with Crippen molar-refractivity contribution < 1.29 is 9.84 Å². The Morgan fingerprint density at radius 2 is 2.25 bits per heavy atom. The third-order valence-electron chi connectivity index (χ3n) is 3.92. The van der Waals surface area contributed by atoms with Crippen LogP contribution in [0.3, 0.4) is 0 Å². The Labute approximate surface area is 123 Å². The molecule has 1 N–H and O–H groups in total. The van der Waals surface area contributed by atoms with Gasteiger partial charge in [0.15, 0.2) is 0 Å². The molecule has 1 unspecified atom stereocenters. The first-order valence-corrected chi connectivity index (χ1v) is 7.39. The lowest BCUT2D eigenvalue weighted by Gasteiger charge is -2.16. The minimum absolute atomic E-state index is 0.265. The first-order chi connectivity index (χ1) is 9.67. The Bertz CT molecular complexity index is 656. The molecule has 106 valence electrons. The Morgan fingerprint density at radius 1 is 1.45 bits per heavy atom. The zero-order valence-corrected chi connectivity index (χ0v) is 12.4. The molecule has 0 amide bonds. The van der Waals surface area contributed by atoms with Gasteiger partial charge < -0.3 is 14.7 Å². The van der Waals surface area contributed by atoms with E-state index >= 15 is 0 Å². The highest BCUT2D eigenvalue weighted by Gasteiger charge is 2.30. The number of phenols is 1. The van der Waals surface area contributed by atoms with E-state index < -0.39 is 0 Å². The van der Waals surface area contributed by atoms with Crippen LogP contribution in [0.15, 0.2) is 24.3 Å². The first-order valence-electron chi connectivity index (χ1n) is 6.85. The molecule has 0 aliphatic carbocycles. The third-order valence-corrected chi connectivity index (χ3v) is 4.29. The van der Waals surface area contributed by atoms with Crippen LogP contribution in [0, 0.1) is 0 Å². The fraction of sp³-hybridized carbons (Fsp3) is 0.375. The van der Waals surface area contributed by atoms with E-state index in [1.165, 1.54) is 5.56 Å². The maximum Gasteiger partial charge on any atom is 0.127 e. The van der Waals surface area contributed by atoms with Crippen LogP contribution in [0.4, 0.5) is 5.69 Å². The molecule has 20 heavy (non-hydrogen) atoms. The second kappa shape index (κ2) is 5.06. The number of likely N-dealkylation sites (N-methyl/N-ethyl adjacent to an activating group) is 1. The van der Waals surface area contributed by atoms with Crippen molar-refractivity contribution in [2.45, 2.75) is 12.8 Å². The minimum atomic E-state index is 0.265. The van der Waals surface area contributed by atoms with Crippen LogP contribution in [0.25, 0.3) is 10.8 Å². The smallest absolute Gasteiger partial charge is 0.127 e. The van der Waals surface area contributed by atoms with Crippen LogP contribution in [0.5, 0.6) is 11.5 Å². The molecule has 0 radical (unpaired) electrons. The molecule has 1 aliphatic heterocycles. The van der Waals surface area contributed by atoms with E-state index in [9.17, 15) is 5.11 Å². The number of hydrogen-bond donors (Lipinski definition) is 1. The summed E-state index contributed by atoms with van der Waals surface area (Å²) >= 11 is 6.14. The van der Waals surface area contributed by atoms with Crippen molar-refractivity contribution in [1.82, 2.24) is 0 Å². The number of halogens is 1. The van der Waals surface area contributed by atoms with Gasteiger partial charge in [-0.25, -0.2) is 0 Å². The SMILES string of the molecule is CCOc1cccc2c(O)cc3c(c12)C(CCl)CN3C. The lowest BCUT2D eigenvalue weighted by Crippen LogP contribution is -2.15. The average molecular weight is 292 g/mol. The number of rotatable bonds is 3. The number of alkyl halides is 1. The Morgan fingerprint density at radius 3 is 2.95 bits per heavy atom. The molecule has 0 saturated carbocycles. The standard InChI is InChI=1S/C16H18ClNO2/c1-3-20-14-6-4-5-11-13(19)7-12-15(16(11)14)10(8-17)9-18(12)2/h4-7,10,19H,3,8-9H2,1-2H3. The summed E-state index contributed by atoms with van der Waals surface area (Å²) in [5.41, 5.74) is 2.24. The normalized spacial score (nSPS) is 17.6. The molecule has 0 aromatic heterocycles. The summed E-state index contributed by atoms with van der Waals surface area (Å²) in [6.45, 7) is 3.44. The second-order valence-electron chi connectivity index (χ2n) is 5.17. The summed E-state index contributed by atoms with van der Waals surface area (Å²) in [7, 11) is 2.03. The molecule has 4 heteroatoms. The van der Waals surface area contributed by atoms with Gasteiger partial charge in [0.1, 0.15) is 11.5 Å². The summed E-state index contributed by atoms with van der Waals surface area (Å²) in [6, 6.07) is 7.62. The third kappa shape index (κ3) is 1.88. The van der Waals surface area contributed by atoms with Crippen LogP contribution in [-0.2, 0) is 0 Å². The van der Waals surface area contributed by atoms with E-state index in [2.05, 4.69) is 4.90 Å². The first kappa shape index (κ1) is 13.4. The Hall–Kier alpha value is -1.61. The predicted octanol–water partition coefficient (Wildman–Crippen LogP) is 3.72. The van der Waals surface area contributed by atoms with Crippen molar-refractivity contribution in [3.8, 4) is 11.5 Å². The minimum Gasteiger partial charge on any atom is -0.507 e. The molecule has 1 heterocycles. The van der Waals surface area contributed by atoms with E-state index in [1.807, 2.05) is 38.2 Å². The predicted molar refractivity (Wildman–Crippen MR) is 83.5 cm³/mol. The number of phenolic OH excluding ortho intramolecular Hbond substituents is 1. The van der Waals surface area contributed by atoms with Crippen molar-refractivity contribution >= 4 is 28.1 Å². The summed E-state index contributed by atoms with van der Waals surface area (Å²) in [4.78, 5) is 2.14. The molecular weight excluding hydrogens is 274 g/mol. The van der Waals surface area contributed by atoms with Gasteiger partial charge in [0.25, 0.3) is 0 Å². The van der Waals surface area contributed by atoms with Gasteiger partial charge in [-0.15, -0.1) is 11.6 Å². The van der Waals surface area contributed by atoms with Crippen molar-refractivity contribution in [2.24, 2.45) is 0 Å². The van der Waals surface area contributed by atoms with E-state index in [0.29, 0.717) is 18.2 Å². The highest BCUT2D eigenvalue weighted by molar-refractivity contribution is 6.19. The quantitative estimate of drug-likeness (QED) is 0.875. The van der Waals surface area contributed by atoms with Gasteiger partial charge in [0.2, 0.25) is 0 Å². The summed E-state index contributed by atoms with van der Waals surface area (Å²) < 4.78 is 5.75.